The van der Waals surface area contributed by atoms with Crippen LogP contribution in [0.4, 0.5) is 0 Å². The van der Waals surface area contributed by atoms with Gasteiger partial charge in [-0.15, -0.1) is 0 Å². The summed E-state index contributed by atoms with van der Waals surface area (Å²) in [5, 5.41) is 11.2. The molecule has 8 nitrogen and oxygen atoms in total. The minimum absolute atomic E-state index is 0.0405. The minimum atomic E-state index is -1.20. The summed E-state index contributed by atoms with van der Waals surface area (Å²) in [7, 11) is 1.63. The summed E-state index contributed by atoms with van der Waals surface area (Å²) < 4.78 is 13.0. The van der Waals surface area contributed by atoms with E-state index >= 15 is 0 Å². The van der Waals surface area contributed by atoms with E-state index in [2.05, 4.69) is 18.7 Å². The van der Waals surface area contributed by atoms with E-state index in [1.807, 2.05) is 22.8 Å². The van der Waals surface area contributed by atoms with Gasteiger partial charge in [-0.3, -0.25) is 9.79 Å². The SMILES string of the molecule is COCCOc1cccc2c1=NCN1C=2c2cc(=O)c(C(=O)O)cn2[C@@H]2[C@H]1CCC2(C)C. The van der Waals surface area contributed by atoms with E-state index in [4.69, 9.17) is 14.5 Å². The first-order valence-electron chi connectivity index (χ1n) is 10.9. The van der Waals surface area contributed by atoms with Crippen LogP contribution in [0.3, 0.4) is 0 Å². The zero-order valence-corrected chi connectivity index (χ0v) is 18.5. The summed E-state index contributed by atoms with van der Waals surface area (Å²) in [6, 6.07) is 7.50. The number of para-hydroxylation sites is 1. The van der Waals surface area contributed by atoms with Crippen LogP contribution in [0.15, 0.2) is 40.2 Å². The maximum Gasteiger partial charge on any atom is 0.341 e. The van der Waals surface area contributed by atoms with Crippen molar-refractivity contribution >= 4 is 11.7 Å². The second kappa shape index (κ2) is 7.48. The summed E-state index contributed by atoms with van der Waals surface area (Å²) >= 11 is 0. The quantitative estimate of drug-likeness (QED) is 0.710. The summed E-state index contributed by atoms with van der Waals surface area (Å²) in [5.74, 6) is -0.519. The van der Waals surface area contributed by atoms with Gasteiger partial charge in [0.2, 0.25) is 0 Å². The number of ether oxygens (including phenoxy) is 2. The molecule has 3 aliphatic rings. The third kappa shape index (κ3) is 3.04. The van der Waals surface area contributed by atoms with Crippen molar-refractivity contribution in [1.82, 2.24) is 9.47 Å². The highest BCUT2D eigenvalue weighted by molar-refractivity contribution is 5.87. The van der Waals surface area contributed by atoms with Crippen molar-refractivity contribution in [2.75, 3.05) is 27.0 Å². The van der Waals surface area contributed by atoms with Crippen LogP contribution in [0.25, 0.3) is 5.70 Å². The fourth-order valence-corrected chi connectivity index (χ4v) is 5.52. The van der Waals surface area contributed by atoms with Crippen LogP contribution in [-0.2, 0) is 4.74 Å². The number of fused-ring (bicyclic) bond motifs is 7. The Balaban J connectivity index is 1.79. The first kappa shape index (κ1) is 20.8. The van der Waals surface area contributed by atoms with Gasteiger partial charge in [0.25, 0.3) is 0 Å². The molecule has 3 heterocycles. The molecule has 168 valence electrons. The predicted octanol–water partition coefficient (Wildman–Crippen LogP) is 1.36. The normalized spacial score (nSPS) is 22.3. The van der Waals surface area contributed by atoms with Gasteiger partial charge in [-0.1, -0.05) is 26.0 Å². The Morgan fingerprint density at radius 1 is 1.31 bits per heavy atom. The zero-order chi connectivity index (χ0) is 22.6. The zero-order valence-electron chi connectivity index (χ0n) is 18.5. The summed E-state index contributed by atoms with van der Waals surface area (Å²) in [6.07, 6.45) is 3.52. The molecule has 0 unspecified atom stereocenters. The number of aromatic nitrogens is 1. The number of carboxylic acid groups (broad SMARTS) is 1. The molecule has 2 atom stereocenters. The highest BCUT2D eigenvalue weighted by atomic mass is 16.5. The standard InChI is InChI=1S/C24H27N3O5/c1-24(2)8-7-16-22(24)26-12-15(23(29)30)18(28)11-17(26)21-14-5-4-6-19(32-10-9-31-3)20(14)25-13-27(16)21/h4-6,11-12,16,22H,7-10,13H2,1-3H3,(H,29,30)/t16-,22-/m1/s1. The third-order valence-electron chi connectivity index (χ3n) is 6.97. The Morgan fingerprint density at radius 3 is 2.88 bits per heavy atom. The molecule has 0 saturated heterocycles. The molecule has 0 amide bonds. The molecule has 2 aromatic rings. The fraction of sp³-hybridized carbons (Fsp3) is 0.458. The molecule has 8 heteroatoms. The summed E-state index contributed by atoms with van der Waals surface area (Å²) in [4.78, 5) is 31.6. The molecule has 1 aliphatic carbocycles. The van der Waals surface area contributed by atoms with Gasteiger partial charge in [0.05, 0.1) is 30.1 Å². The van der Waals surface area contributed by atoms with Crippen LogP contribution in [0.5, 0.6) is 5.75 Å². The number of carboxylic acids is 1. The van der Waals surface area contributed by atoms with Gasteiger partial charge in [0.15, 0.2) is 5.43 Å². The van der Waals surface area contributed by atoms with Gasteiger partial charge in [0.1, 0.15) is 29.9 Å². The summed E-state index contributed by atoms with van der Waals surface area (Å²) in [5.41, 5.74) is 0.937. The predicted molar refractivity (Wildman–Crippen MR) is 117 cm³/mol. The van der Waals surface area contributed by atoms with Crippen molar-refractivity contribution in [3.63, 3.8) is 0 Å². The Morgan fingerprint density at radius 2 is 2.12 bits per heavy atom. The topological polar surface area (TPSA) is 93.4 Å². The molecule has 2 aliphatic heterocycles. The number of rotatable bonds is 5. The van der Waals surface area contributed by atoms with E-state index in [0.29, 0.717) is 25.6 Å². The van der Waals surface area contributed by atoms with Crippen molar-refractivity contribution in [3.8, 4) is 5.75 Å². The lowest BCUT2D eigenvalue weighted by Crippen LogP contribution is -2.53. The molecule has 0 radical (unpaired) electrons. The largest absolute Gasteiger partial charge is 0.489 e. The smallest absolute Gasteiger partial charge is 0.341 e. The maximum atomic E-state index is 12.7. The number of pyridine rings is 1. The van der Waals surface area contributed by atoms with E-state index in [9.17, 15) is 14.7 Å². The van der Waals surface area contributed by atoms with Crippen LogP contribution < -0.4 is 20.7 Å². The number of hydrogen-bond acceptors (Lipinski definition) is 6. The Kier molecular flexibility index (Phi) is 4.85. The Hall–Kier alpha value is -3.13. The van der Waals surface area contributed by atoms with Crippen LogP contribution in [-0.4, -0.2) is 53.6 Å². The van der Waals surface area contributed by atoms with Crippen LogP contribution >= 0.6 is 0 Å². The fourth-order valence-electron chi connectivity index (χ4n) is 5.52. The van der Waals surface area contributed by atoms with Gasteiger partial charge >= 0.3 is 5.97 Å². The van der Waals surface area contributed by atoms with E-state index in [1.54, 1.807) is 13.3 Å². The Labute approximate surface area is 185 Å². The molecule has 1 aromatic heterocycles. The molecule has 1 fully saturated rings. The molecular formula is C24H27N3O5. The van der Waals surface area contributed by atoms with Crippen LogP contribution in [0.1, 0.15) is 48.8 Å². The van der Waals surface area contributed by atoms with Crippen molar-refractivity contribution < 1.29 is 19.4 Å². The summed E-state index contributed by atoms with van der Waals surface area (Å²) in [6.45, 7) is 5.78. The van der Waals surface area contributed by atoms with Gasteiger partial charge in [0, 0.05) is 24.6 Å². The Bertz CT molecular complexity index is 1280. The van der Waals surface area contributed by atoms with Gasteiger partial charge in [-0.05, 0) is 24.3 Å². The van der Waals surface area contributed by atoms with E-state index in [-0.39, 0.29) is 23.1 Å². The third-order valence-corrected chi connectivity index (χ3v) is 6.97. The molecule has 1 aromatic carbocycles. The van der Waals surface area contributed by atoms with Gasteiger partial charge in [-0.25, -0.2) is 4.79 Å². The molecule has 0 spiro atoms. The molecule has 1 saturated carbocycles. The van der Waals surface area contributed by atoms with Crippen LogP contribution in [0, 0.1) is 5.41 Å². The second-order valence-corrected chi connectivity index (χ2v) is 9.30. The monoisotopic (exact) mass is 437 g/mol. The molecule has 32 heavy (non-hydrogen) atoms. The van der Waals surface area contributed by atoms with E-state index < -0.39 is 11.4 Å². The number of aromatic carboxylic acids is 1. The highest BCUT2D eigenvalue weighted by Gasteiger charge is 2.50. The first-order chi connectivity index (χ1) is 15.3. The van der Waals surface area contributed by atoms with Crippen molar-refractivity contribution in [3.05, 3.63) is 62.5 Å². The van der Waals surface area contributed by atoms with Crippen molar-refractivity contribution in [2.24, 2.45) is 10.4 Å². The van der Waals surface area contributed by atoms with E-state index in [1.165, 1.54) is 6.07 Å². The number of benzene rings is 1. The average molecular weight is 437 g/mol. The maximum absolute atomic E-state index is 12.7. The lowest BCUT2D eigenvalue weighted by Gasteiger charge is -2.47. The van der Waals surface area contributed by atoms with Crippen molar-refractivity contribution in [1.29, 1.82) is 0 Å². The molecule has 5 rings (SSSR count). The molecule has 0 bridgehead atoms. The van der Waals surface area contributed by atoms with E-state index in [0.717, 1.165) is 34.8 Å². The average Bonchev–Trinajstić information content (AvgIpc) is 3.08. The molecule has 1 N–H and O–H groups in total. The van der Waals surface area contributed by atoms with Gasteiger partial charge in [-0.2, -0.15) is 0 Å². The lowest BCUT2D eigenvalue weighted by molar-refractivity contribution is 0.0692. The lowest BCUT2D eigenvalue weighted by atomic mass is 9.84. The second-order valence-electron chi connectivity index (χ2n) is 9.30. The first-order valence-corrected chi connectivity index (χ1v) is 10.9. The number of hydrogen-bond donors (Lipinski definition) is 1. The number of carbonyl (C=O) groups is 1. The van der Waals surface area contributed by atoms with Gasteiger partial charge < -0.3 is 24.0 Å². The number of methoxy groups -OCH3 is 1. The minimum Gasteiger partial charge on any atom is -0.489 e. The highest BCUT2D eigenvalue weighted by Crippen LogP contribution is 2.52. The number of nitrogens with zero attached hydrogens (tertiary/aromatic N) is 3. The van der Waals surface area contributed by atoms with Crippen LogP contribution in [0.2, 0.25) is 0 Å². The van der Waals surface area contributed by atoms with Crippen molar-refractivity contribution in [2.45, 2.75) is 38.8 Å². The molecular weight excluding hydrogens is 410 g/mol.